The van der Waals surface area contributed by atoms with Gasteiger partial charge < -0.3 is 4.90 Å². The molecule has 34 heavy (non-hydrogen) atoms. The zero-order valence-corrected chi connectivity index (χ0v) is 20.1. The van der Waals surface area contributed by atoms with Crippen LogP contribution in [-0.2, 0) is 14.8 Å². The fourth-order valence-corrected chi connectivity index (χ4v) is 6.02. The molecule has 2 aliphatic rings. The Morgan fingerprint density at radius 1 is 0.912 bits per heavy atom. The lowest BCUT2D eigenvalue weighted by atomic mass is 10.1. The highest BCUT2D eigenvalue weighted by Crippen LogP contribution is 2.24. The Labute approximate surface area is 203 Å². The van der Waals surface area contributed by atoms with E-state index in [2.05, 4.69) is 20.0 Å². The fourth-order valence-electron chi connectivity index (χ4n) is 4.58. The van der Waals surface area contributed by atoms with Crippen molar-refractivity contribution in [3.63, 3.8) is 0 Å². The molecule has 3 heterocycles. The monoisotopic (exact) mass is 499 g/mol. The number of carbonyl (C=O) groups is 1. The molecular formula is C24H26ClN5O3S. The first-order valence-electron chi connectivity index (χ1n) is 11.3. The molecule has 2 fully saturated rings. The van der Waals surface area contributed by atoms with Gasteiger partial charge in [0.05, 0.1) is 4.90 Å². The number of hydrogen-bond acceptors (Lipinski definition) is 6. The van der Waals surface area contributed by atoms with Crippen LogP contribution in [0.5, 0.6) is 0 Å². The predicted molar refractivity (Wildman–Crippen MR) is 132 cm³/mol. The van der Waals surface area contributed by atoms with Gasteiger partial charge >= 0.3 is 0 Å². The second-order valence-corrected chi connectivity index (χ2v) is 10.9. The third kappa shape index (κ3) is 4.88. The summed E-state index contributed by atoms with van der Waals surface area (Å²) in [6, 6.07) is 13.6. The van der Waals surface area contributed by atoms with Gasteiger partial charge in [0.25, 0.3) is 5.91 Å². The number of amides is 1. The van der Waals surface area contributed by atoms with Crippen LogP contribution in [-0.4, -0.2) is 56.0 Å². The molecule has 2 N–H and O–H groups in total. The topological polar surface area (TPSA) is 94.6 Å². The van der Waals surface area contributed by atoms with E-state index in [9.17, 15) is 13.2 Å². The van der Waals surface area contributed by atoms with Gasteiger partial charge in [-0.05, 0) is 66.4 Å². The summed E-state index contributed by atoms with van der Waals surface area (Å²) < 4.78 is 28.6. The van der Waals surface area contributed by atoms with E-state index in [0.29, 0.717) is 18.0 Å². The maximum atomic E-state index is 13.0. The smallest absolute Gasteiger partial charge is 0.254 e. The number of sulfonamides is 1. The molecule has 1 aromatic heterocycles. The van der Waals surface area contributed by atoms with Gasteiger partial charge in [0.1, 0.15) is 6.04 Å². The standard InChI is InChI=1S/C24H26ClN5O3S/c25-19-3-1-17-2-4-22(16-18(17)15-19)34(32,33)28-23-9-14-30(24(23)31)27-20-7-12-29(13-8-20)21-5-10-26-11-6-21/h1-6,10-11,15-16,20,23,27-28H,7-9,12-14H2/t23-/m0/s1. The SMILES string of the molecule is O=C1[C@@H](NS(=O)(=O)c2ccc3ccc(Cl)cc3c2)CCN1NC1CCN(c2ccncc2)CC1. The van der Waals surface area contributed by atoms with Gasteiger partial charge in [-0.2, -0.15) is 4.72 Å². The van der Waals surface area contributed by atoms with Gasteiger partial charge in [0.2, 0.25) is 10.0 Å². The molecular weight excluding hydrogens is 474 g/mol. The highest BCUT2D eigenvalue weighted by molar-refractivity contribution is 7.89. The lowest BCUT2D eigenvalue weighted by Gasteiger charge is -2.35. The normalized spacial score (nSPS) is 19.8. The number of fused-ring (bicyclic) bond motifs is 1. The van der Waals surface area contributed by atoms with Crippen molar-refractivity contribution in [3.05, 3.63) is 65.9 Å². The summed E-state index contributed by atoms with van der Waals surface area (Å²) in [6.07, 6.45) is 5.78. The first-order chi connectivity index (χ1) is 16.4. The number of carbonyl (C=O) groups excluding carboxylic acids is 1. The Morgan fingerprint density at radius 2 is 1.65 bits per heavy atom. The third-order valence-electron chi connectivity index (χ3n) is 6.45. The number of rotatable bonds is 6. The number of hydrazine groups is 1. The van der Waals surface area contributed by atoms with E-state index in [0.717, 1.165) is 42.4 Å². The van der Waals surface area contributed by atoms with Crippen LogP contribution < -0.4 is 15.0 Å². The van der Waals surface area contributed by atoms with Crippen molar-refractivity contribution in [3.8, 4) is 0 Å². The van der Waals surface area contributed by atoms with Gasteiger partial charge in [-0.25, -0.2) is 13.8 Å². The van der Waals surface area contributed by atoms with Crippen LogP contribution in [0.15, 0.2) is 65.8 Å². The van der Waals surface area contributed by atoms with Crippen molar-refractivity contribution in [2.45, 2.75) is 36.2 Å². The van der Waals surface area contributed by atoms with Gasteiger partial charge in [-0.1, -0.05) is 23.7 Å². The molecule has 8 nitrogen and oxygen atoms in total. The van der Waals surface area contributed by atoms with Gasteiger partial charge in [-0.15, -0.1) is 0 Å². The molecule has 5 rings (SSSR count). The quantitative estimate of drug-likeness (QED) is 0.541. The van der Waals surface area contributed by atoms with Crippen LogP contribution in [0, 0.1) is 0 Å². The number of benzene rings is 2. The molecule has 2 aliphatic heterocycles. The average Bonchev–Trinajstić information content (AvgIpc) is 3.18. The Bertz CT molecular complexity index is 1300. The summed E-state index contributed by atoms with van der Waals surface area (Å²) in [5.41, 5.74) is 4.47. The van der Waals surface area contributed by atoms with Crippen molar-refractivity contribution in [2.24, 2.45) is 0 Å². The van der Waals surface area contributed by atoms with E-state index >= 15 is 0 Å². The molecule has 0 saturated carbocycles. The highest BCUT2D eigenvalue weighted by Gasteiger charge is 2.36. The molecule has 1 atom stereocenters. The predicted octanol–water partition coefficient (Wildman–Crippen LogP) is 2.94. The van der Waals surface area contributed by atoms with Gasteiger partial charge in [0.15, 0.2) is 0 Å². The summed E-state index contributed by atoms with van der Waals surface area (Å²) in [6.45, 7) is 2.22. The summed E-state index contributed by atoms with van der Waals surface area (Å²) in [4.78, 5) is 19.4. The fraction of sp³-hybridized carbons (Fsp3) is 0.333. The number of pyridine rings is 1. The Balaban J connectivity index is 1.19. The maximum absolute atomic E-state index is 13.0. The molecule has 178 valence electrons. The van der Waals surface area contributed by atoms with Crippen molar-refractivity contribution in [2.75, 3.05) is 24.5 Å². The van der Waals surface area contributed by atoms with Crippen LogP contribution in [0.2, 0.25) is 5.02 Å². The number of halogens is 1. The van der Waals surface area contributed by atoms with E-state index in [4.69, 9.17) is 11.6 Å². The van der Waals surface area contributed by atoms with Crippen LogP contribution in [0.3, 0.4) is 0 Å². The molecule has 1 amide bonds. The Kier molecular flexibility index (Phi) is 6.44. The number of aromatic nitrogens is 1. The molecule has 0 aliphatic carbocycles. The molecule has 3 aromatic rings. The van der Waals surface area contributed by atoms with E-state index in [1.54, 1.807) is 47.7 Å². The third-order valence-corrected chi connectivity index (χ3v) is 8.15. The molecule has 0 bridgehead atoms. The van der Waals surface area contributed by atoms with Crippen molar-refractivity contribution < 1.29 is 13.2 Å². The molecule has 0 radical (unpaired) electrons. The average molecular weight is 500 g/mol. The Morgan fingerprint density at radius 3 is 2.41 bits per heavy atom. The van der Waals surface area contributed by atoms with Gasteiger partial charge in [-0.3, -0.25) is 14.8 Å². The summed E-state index contributed by atoms with van der Waals surface area (Å²) in [5.74, 6) is -0.246. The van der Waals surface area contributed by atoms with Crippen molar-refractivity contribution in [1.82, 2.24) is 20.1 Å². The van der Waals surface area contributed by atoms with Crippen molar-refractivity contribution >= 4 is 44.0 Å². The first kappa shape index (κ1) is 23.0. The number of nitrogens with one attached hydrogen (secondary N) is 2. The van der Waals surface area contributed by atoms with E-state index in [-0.39, 0.29) is 16.8 Å². The van der Waals surface area contributed by atoms with Crippen LogP contribution in [0.4, 0.5) is 5.69 Å². The van der Waals surface area contributed by atoms with Gasteiger partial charge in [0, 0.05) is 48.8 Å². The highest BCUT2D eigenvalue weighted by atomic mass is 35.5. The minimum absolute atomic E-state index is 0.116. The maximum Gasteiger partial charge on any atom is 0.254 e. The Hall–Kier alpha value is -2.72. The lowest BCUT2D eigenvalue weighted by Crippen LogP contribution is -2.52. The molecule has 0 spiro atoms. The minimum Gasteiger partial charge on any atom is -0.371 e. The number of piperidine rings is 1. The molecule has 2 saturated heterocycles. The van der Waals surface area contributed by atoms with E-state index in [1.165, 1.54) is 0 Å². The second kappa shape index (κ2) is 9.50. The summed E-state index contributed by atoms with van der Waals surface area (Å²) in [5, 5.41) is 3.73. The number of nitrogens with zero attached hydrogens (tertiary/aromatic N) is 3. The second-order valence-electron chi connectivity index (χ2n) is 8.70. The lowest BCUT2D eigenvalue weighted by molar-refractivity contribution is -0.132. The van der Waals surface area contributed by atoms with E-state index in [1.807, 2.05) is 18.2 Å². The van der Waals surface area contributed by atoms with Crippen LogP contribution >= 0.6 is 11.6 Å². The van der Waals surface area contributed by atoms with Crippen molar-refractivity contribution in [1.29, 1.82) is 0 Å². The zero-order chi connectivity index (χ0) is 23.7. The van der Waals surface area contributed by atoms with Crippen LogP contribution in [0.25, 0.3) is 10.8 Å². The molecule has 0 unspecified atom stereocenters. The van der Waals surface area contributed by atoms with Crippen LogP contribution in [0.1, 0.15) is 19.3 Å². The minimum atomic E-state index is -3.86. The van der Waals surface area contributed by atoms with E-state index < -0.39 is 16.1 Å². The molecule has 2 aromatic carbocycles. The number of anilines is 1. The number of hydrogen-bond donors (Lipinski definition) is 2. The zero-order valence-electron chi connectivity index (χ0n) is 18.5. The first-order valence-corrected chi connectivity index (χ1v) is 13.2. The summed E-state index contributed by atoms with van der Waals surface area (Å²) in [7, 11) is -3.86. The molecule has 10 heteroatoms. The largest absolute Gasteiger partial charge is 0.371 e. The summed E-state index contributed by atoms with van der Waals surface area (Å²) >= 11 is 6.05.